The fraction of sp³-hybridized carbons (Fsp3) is 0.429. The highest BCUT2D eigenvalue weighted by molar-refractivity contribution is 6.33. The number of hydrogen-bond acceptors (Lipinski definition) is 4. The number of likely N-dealkylation sites (N-methyl/N-ethyl adjacent to an activating group) is 1. The van der Waals surface area contributed by atoms with E-state index in [0.717, 1.165) is 6.07 Å². The molecule has 1 amide bonds. The smallest absolute Gasteiger partial charge is 0.234 e. The van der Waals surface area contributed by atoms with Crippen LogP contribution in [0.25, 0.3) is 0 Å². The van der Waals surface area contributed by atoms with E-state index in [2.05, 4.69) is 15.4 Å². The predicted octanol–water partition coefficient (Wildman–Crippen LogP) is 2.43. The van der Waals surface area contributed by atoms with E-state index in [-0.39, 0.29) is 22.9 Å². The molecule has 0 bridgehead atoms. The topological polar surface area (TPSA) is 63.9 Å². The van der Waals surface area contributed by atoms with E-state index in [9.17, 15) is 9.18 Å². The summed E-state index contributed by atoms with van der Waals surface area (Å²) >= 11 is 5.95. The third kappa shape index (κ3) is 3.59. The molecule has 0 aliphatic carbocycles. The molecule has 2 rings (SSSR count). The standard InChI is InChI=1S/C14H17ClFN5O/c1-14(2,3)21-18-12(17-19-21)8-13(22)20(4)11-6-5-9(16)7-10(11)15/h5-7H,8H2,1-4H3. The third-order valence-corrected chi connectivity index (χ3v) is 3.31. The number of benzene rings is 1. The first-order valence-corrected chi connectivity index (χ1v) is 7.07. The minimum absolute atomic E-state index is 0.0136. The third-order valence-electron chi connectivity index (χ3n) is 3.01. The molecule has 1 heterocycles. The molecule has 0 saturated heterocycles. The molecule has 118 valence electrons. The molecule has 1 aromatic carbocycles. The average Bonchev–Trinajstić information content (AvgIpc) is 2.86. The molecule has 6 nitrogen and oxygen atoms in total. The van der Waals surface area contributed by atoms with Crippen LogP contribution in [0.15, 0.2) is 18.2 Å². The Labute approximate surface area is 132 Å². The number of aromatic nitrogens is 4. The number of carbonyl (C=O) groups is 1. The molecular formula is C14H17ClFN5O. The molecule has 0 unspecified atom stereocenters. The summed E-state index contributed by atoms with van der Waals surface area (Å²) in [4.78, 5) is 15.1. The SMILES string of the molecule is CN(C(=O)Cc1nnn(C(C)(C)C)n1)c1ccc(F)cc1Cl. The first kappa shape index (κ1) is 16.4. The van der Waals surface area contributed by atoms with Gasteiger partial charge in [0.15, 0.2) is 5.82 Å². The molecule has 1 aromatic heterocycles. The Hall–Kier alpha value is -2.02. The van der Waals surface area contributed by atoms with E-state index in [1.807, 2.05) is 20.8 Å². The van der Waals surface area contributed by atoms with Crippen LogP contribution in [0.3, 0.4) is 0 Å². The highest BCUT2D eigenvalue weighted by Crippen LogP contribution is 2.26. The predicted molar refractivity (Wildman–Crippen MR) is 81.3 cm³/mol. The van der Waals surface area contributed by atoms with Crippen molar-refractivity contribution in [1.82, 2.24) is 20.2 Å². The lowest BCUT2D eigenvalue weighted by atomic mass is 10.1. The zero-order valence-corrected chi connectivity index (χ0v) is 13.6. The van der Waals surface area contributed by atoms with Gasteiger partial charge in [-0.15, -0.1) is 10.2 Å². The highest BCUT2D eigenvalue weighted by Gasteiger charge is 2.20. The van der Waals surface area contributed by atoms with Crippen molar-refractivity contribution < 1.29 is 9.18 Å². The van der Waals surface area contributed by atoms with Crippen LogP contribution in [0, 0.1) is 5.82 Å². The molecule has 0 saturated carbocycles. The fourth-order valence-electron chi connectivity index (χ4n) is 1.74. The largest absolute Gasteiger partial charge is 0.314 e. The van der Waals surface area contributed by atoms with Crippen LogP contribution in [0.5, 0.6) is 0 Å². The Morgan fingerprint density at radius 2 is 2.09 bits per heavy atom. The van der Waals surface area contributed by atoms with Crippen LogP contribution < -0.4 is 4.90 Å². The molecule has 0 radical (unpaired) electrons. The van der Waals surface area contributed by atoms with Gasteiger partial charge < -0.3 is 4.90 Å². The molecule has 0 spiro atoms. The van der Waals surface area contributed by atoms with Gasteiger partial charge >= 0.3 is 0 Å². The van der Waals surface area contributed by atoms with Crippen molar-refractivity contribution in [3.63, 3.8) is 0 Å². The number of anilines is 1. The van der Waals surface area contributed by atoms with Crippen molar-refractivity contribution in [2.24, 2.45) is 0 Å². The van der Waals surface area contributed by atoms with E-state index >= 15 is 0 Å². The quantitative estimate of drug-likeness (QED) is 0.869. The maximum Gasteiger partial charge on any atom is 0.234 e. The second-order valence-corrected chi connectivity index (χ2v) is 6.30. The molecule has 0 fully saturated rings. The van der Waals surface area contributed by atoms with Crippen molar-refractivity contribution in [3.05, 3.63) is 34.9 Å². The lowest BCUT2D eigenvalue weighted by Gasteiger charge is -2.18. The van der Waals surface area contributed by atoms with Gasteiger partial charge in [-0.05, 0) is 44.2 Å². The second-order valence-electron chi connectivity index (χ2n) is 5.89. The maximum atomic E-state index is 13.1. The molecule has 8 heteroatoms. The van der Waals surface area contributed by atoms with E-state index in [4.69, 9.17) is 11.6 Å². The number of halogens is 2. The van der Waals surface area contributed by atoms with Crippen molar-refractivity contribution in [1.29, 1.82) is 0 Å². The van der Waals surface area contributed by atoms with E-state index < -0.39 is 5.82 Å². The maximum absolute atomic E-state index is 13.1. The van der Waals surface area contributed by atoms with Gasteiger partial charge in [-0.1, -0.05) is 11.6 Å². The minimum Gasteiger partial charge on any atom is -0.314 e. The van der Waals surface area contributed by atoms with Crippen LogP contribution in [0.2, 0.25) is 5.02 Å². The first-order valence-electron chi connectivity index (χ1n) is 6.69. The van der Waals surface area contributed by atoms with Crippen LogP contribution in [-0.2, 0) is 16.8 Å². The lowest BCUT2D eigenvalue weighted by Crippen LogP contribution is -2.29. The van der Waals surface area contributed by atoms with E-state index in [0.29, 0.717) is 11.5 Å². The number of rotatable bonds is 3. The zero-order valence-electron chi connectivity index (χ0n) is 12.8. The van der Waals surface area contributed by atoms with Crippen molar-refractivity contribution in [3.8, 4) is 0 Å². The van der Waals surface area contributed by atoms with Gasteiger partial charge in [0.05, 0.1) is 22.7 Å². The Morgan fingerprint density at radius 3 is 2.64 bits per heavy atom. The average molecular weight is 326 g/mol. The summed E-state index contributed by atoms with van der Waals surface area (Å²) in [7, 11) is 1.57. The number of nitrogens with zero attached hydrogens (tertiary/aromatic N) is 5. The molecule has 0 atom stereocenters. The Kier molecular flexibility index (Phi) is 4.46. The molecule has 22 heavy (non-hydrogen) atoms. The van der Waals surface area contributed by atoms with Crippen molar-refractivity contribution in [2.75, 3.05) is 11.9 Å². The number of tetrazole rings is 1. The van der Waals surface area contributed by atoms with Crippen LogP contribution in [0.4, 0.5) is 10.1 Å². The van der Waals surface area contributed by atoms with Crippen LogP contribution in [-0.4, -0.2) is 33.2 Å². The van der Waals surface area contributed by atoms with Crippen LogP contribution >= 0.6 is 11.6 Å². The molecule has 2 aromatic rings. The van der Waals surface area contributed by atoms with Gasteiger partial charge in [0.25, 0.3) is 0 Å². The molecule has 0 aliphatic heterocycles. The molecular weight excluding hydrogens is 309 g/mol. The van der Waals surface area contributed by atoms with E-state index in [1.165, 1.54) is 21.8 Å². The summed E-state index contributed by atoms with van der Waals surface area (Å²) in [5.41, 5.74) is 0.122. The summed E-state index contributed by atoms with van der Waals surface area (Å²) in [6, 6.07) is 3.86. The summed E-state index contributed by atoms with van der Waals surface area (Å²) in [6.45, 7) is 5.81. The number of carbonyl (C=O) groups excluding carboxylic acids is 1. The van der Waals surface area contributed by atoms with Crippen molar-refractivity contribution >= 4 is 23.2 Å². The summed E-state index contributed by atoms with van der Waals surface area (Å²) < 4.78 is 13.1. The molecule has 0 N–H and O–H groups in total. The van der Waals surface area contributed by atoms with Gasteiger partial charge in [0.2, 0.25) is 5.91 Å². The van der Waals surface area contributed by atoms with Gasteiger partial charge in [0, 0.05) is 7.05 Å². The normalized spacial score (nSPS) is 11.5. The van der Waals surface area contributed by atoms with Gasteiger partial charge in [0.1, 0.15) is 5.82 Å². The highest BCUT2D eigenvalue weighted by atomic mass is 35.5. The summed E-state index contributed by atoms with van der Waals surface area (Å²) in [5.74, 6) is -0.392. The van der Waals surface area contributed by atoms with Gasteiger partial charge in [-0.3, -0.25) is 4.79 Å². The van der Waals surface area contributed by atoms with Gasteiger partial charge in [-0.25, -0.2) is 4.39 Å². The first-order chi connectivity index (χ1) is 10.2. The summed E-state index contributed by atoms with van der Waals surface area (Å²) in [5, 5.41) is 12.2. The fourth-order valence-corrected chi connectivity index (χ4v) is 2.03. The Bertz CT molecular complexity index is 695. The monoisotopic (exact) mass is 325 g/mol. The Balaban J connectivity index is 2.13. The molecule has 0 aliphatic rings. The number of amides is 1. The zero-order chi connectivity index (χ0) is 16.5. The van der Waals surface area contributed by atoms with Gasteiger partial charge in [-0.2, -0.15) is 4.80 Å². The van der Waals surface area contributed by atoms with Crippen LogP contribution in [0.1, 0.15) is 26.6 Å². The summed E-state index contributed by atoms with van der Waals surface area (Å²) in [6.07, 6.45) is -0.0136. The lowest BCUT2D eigenvalue weighted by molar-refractivity contribution is -0.117. The van der Waals surface area contributed by atoms with E-state index in [1.54, 1.807) is 7.05 Å². The Morgan fingerprint density at radius 1 is 1.41 bits per heavy atom. The number of hydrogen-bond donors (Lipinski definition) is 0. The minimum atomic E-state index is -0.454. The second kappa shape index (κ2) is 6.00. The van der Waals surface area contributed by atoms with Crippen molar-refractivity contribution in [2.45, 2.75) is 32.7 Å².